The van der Waals surface area contributed by atoms with Crippen LogP contribution in [-0.4, -0.2) is 27.6 Å². The third-order valence-electron chi connectivity index (χ3n) is 4.46. The van der Waals surface area contributed by atoms with Gasteiger partial charge < -0.3 is 5.32 Å². The molecule has 2 amide bonds. The molecule has 0 spiro atoms. The minimum Gasteiger partial charge on any atom is -0.326 e. The highest BCUT2D eigenvalue weighted by Gasteiger charge is 2.32. The Hall–Kier alpha value is -2.91. The molecule has 0 aliphatic carbocycles. The van der Waals surface area contributed by atoms with Crippen molar-refractivity contribution in [3.8, 4) is 0 Å². The molecule has 1 saturated heterocycles. The molecule has 1 heterocycles. The van der Waals surface area contributed by atoms with Crippen LogP contribution in [0.2, 0.25) is 0 Å². The Labute approximate surface area is 193 Å². The van der Waals surface area contributed by atoms with Crippen molar-refractivity contribution in [2.75, 3.05) is 11.9 Å². The highest BCUT2D eigenvalue weighted by atomic mass is 32.2. The fourth-order valence-corrected chi connectivity index (χ4v) is 4.32. The number of benzene rings is 2. The average molecular weight is 477 g/mol. The zero-order valence-electron chi connectivity index (χ0n) is 17.0. The van der Waals surface area contributed by atoms with Gasteiger partial charge in [-0.3, -0.25) is 14.5 Å². The highest BCUT2D eigenvalue weighted by molar-refractivity contribution is 8.26. The predicted octanol–water partition coefficient (Wildman–Crippen LogP) is 5.88. The summed E-state index contributed by atoms with van der Waals surface area (Å²) in [7, 11) is 0. The maximum atomic E-state index is 12.8. The van der Waals surface area contributed by atoms with Crippen molar-refractivity contribution in [1.82, 2.24) is 4.90 Å². The van der Waals surface area contributed by atoms with Crippen LogP contribution in [0.1, 0.15) is 24.5 Å². The van der Waals surface area contributed by atoms with E-state index in [1.165, 1.54) is 17.0 Å². The SMILES string of the molecule is CC(/C=C1\SC(=S)N(CCC(=O)Nc2cccc(C(F)(F)F)c2)C1=O)=C\c1ccccc1. The first-order valence-corrected chi connectivity index (χ1v) is 10.8. The molecule has 0 aromatic heterocycles. The summed E-state index contributed by atoms with van der Waals surface area (Å²) in [6.45, 7) is 1.91. The summed E-state index contributed by atoms with van der Waals surface area (Å²) < 4.78 is 38.8. The molecule has 2 aromatic carbocycles. The molecule has 0 unspecified atom stereocenters. The van der Waals surface area contributed by atoms with Crippen LogP contribution in [0, 0.1) is 0 Å². The van der Waals surface area contributed by atoms with Crippen LogP contribution >= 0.6 is 24.0 Å². The maximum Gasteiger partial charge on any atom is 0.416 e. The lowest BCUT2D eigenvalue weighted by molar-refractivity contribution is -0.137. The number of amides is 2. The van der Waals surface area contributed by atoms with Gasteiger partial charge in [-0.15, -0.1) is 0 Å². The van der Waals surface area contributed by atoms with E-state index in [-0.39, 0.29) is 24.6 Å². The predicted molar refractivity (Wildman–Crippen MR) is 125 cm³/mol. The number of hydrogen-bond donors (Lipinski definition) is 1. The van der Waals surface area contributed by atoms with Gasteiger partial charge >= 0.3 is 6.18 Å². The van der Waals surface area contributed by atoms with Gasteiger partial charge in [-0.2, -0.15) is 13.2 Å². The van der Waals surface area contributed by atoms with Gasteiger partial charge in [-0.25, -0.2) is 0 Å². The van der Waals surface area contributed by atoms with Crippen LogP contribution in [0.25, 0.3) is 6.08 Å². The largest absolute Gasteiger partial charge is 0.416 e. The Morgan fingerprint density at radius 3 is 2.56 bits per heavy atom. The van der Waals surface area contributed by atoms with E-state index in [0.29, 0.717) is 9.23 Å². The summed E-state index contributed by atoms with van der Waals surface area (Å²) in [4.78, 5) is 26.7. The standard InChI is InChI=1S/C23H19F3N2O2S2/c1-15(12-16-6-3-2-4-7-16)13-19-21(30)28(22(31)32-19)11-10-20(29)27-18-9-5-8-17(14-18)23(24,25)26/h2-9,12-14H,10-11H2,1H3,(H,27,29)/b15-12+,19-13-. The summed E-state index contributed by atoms with van der Waals surface area (Å²) in [5.41, 5.74) is 1.06. The number of carbonyl (C=O) groups excluding carboxylic acids is 2. The molecule has 166 valence electrons. The number of thiocarbonyl (C=S) groups is 1. The second-order valence-corrected chi connectivity index (χ2v) is 8.68. The van der Waals surface area contributed by atoms with Crippen molar-refractivity contribution >= 4 is 51.9 Å². The van der Waals surface area contributed by atoms with Crippen LogP contribution in [0.5, 0.6) is 0 Å². The lowest BCUT2D eigenvalue weighted by Gasteiger charge is -2.14. The number of hydrogen-bond acceptors (Lipinski definition) is 4. The Kier molecular flexibility index (Phi) is 7.52. The number of anilines is 1. The van der Waals surface area contributed by atoms with Crippen molar-refractivity contribution in [3.63, 3.8) is 0 Å². The second kappa shape index (κ2) is 10.1. The van der Waals surface area contributed by atoms with Crippen LogP contribution in [-0.2, 0) is 15.8 Å². The minimum atomic E-state index is -4.50. The third kappa shape index (κ3) is 6.30. The Bertz CT molecular complexity index is 1100. The summed E-state index contributed by atoms with van der Waals surface area (Å²) in [6.07, 6.45) is -0.916. The molecule has 0 atom stereocenters. The van der Waals surface area contributed by atoms with Gasteiger partial charge in [-0.05, 0) is 42.3 Å². The van der Waals surface area contributed by atoms with Crippen LogP contribution in [0.3, 0.4) is 0 Å². The van der Waals surface area contributed by atoms with E-state index in [1.807, 2.05) is 43.3 Å². The molecule has 1 aliphatic heterocycles. The third-order valence-corrected chi connectivity index (χ3v) is 5.84. The summed E-state index contributed by atoms with van der Waals surface area (Å²) in [5, 5.41) is 2.43. The number of alkyl halides is 3. The number of allylic oxidation sites excluding steroid dienone is 2. The number of rotatable bonds is 6. The first-order valence-electron chi connectivity index (χ1n) is 9.59. The number of nitrogens with zero attached hydrogens (tertiary/aromatic N) is 1. The van der Waals surface area contributed by atoms with Crippen molar-refractivity contribution in [2.45, 2.75) is 19.5 Å². The lowest BCUT2D eigenvalue weighted by Crippen LogP contribution is -2.31. The molecule has 0 bridgehead atoms. The molecular formula is C23H19F3N2O2S2. The van der Waals surface area contributed by atoms with Crippen molar-refractivity contribution in [2.24, 2.45) is 0 Å². The quantitative estimate of drug-likeness (QED) is 0.418. The number of thioether (sulfide) groups is 1. The number of halogens is 3. The first kappa shape index (κ1) is 23.7. The Morgan fingerprint density at radius 1 is 1.16 bits per heavy atom. The molecule has 1 N–H and O–H groups in total. The van der Waals surface area contributed by atoms with Gasteiger partial charge in [0.1, 0.15) is 4.32 Å². The van der Waals surface area contributed by atoms with Crippen LogP contribution < -0.4 is 5.32 Å². The molecule has 3 rings (SSSR count). The first-order chi connectivity index (χ1) is 15.1. The van der Waals surface area contributed by atoms with E-state index in [2.05, 4.69) is 5.32 Å². The molecule has 1 fully saturated rings. The molecule has 0 saturated carbocycles. The fraction of sp³-hybridized carbons (Fsp3) is 0.174. The van der Waals surface area contributed by atoms with Gasteiger partial charge in [0.25, 0.3) is 5.91 Å². The fourth-order valence-electron chi connectivity index (χ4n) is 2.96. The van der Waals surface area contributed by atoms with Gasteiger partial charge in [-0.1, -0.05) is 66.5 Å². The van der Waals surface area contributed by atoms with E-state index in [1.54, 1.807) is 6.08 Å². The van der Waals surface area contributed by atoms with E-state index in [0.717, 1.165) is 35.0 Å². The van der Waals surface area contributed by atoms with E-state index in [4.69, 9.17) is 12.2 Å². The summed E-state index contributed by atoms with van der Waals surface area (Å²) in [5.74, 6) is -0.810. The Morgan fingerprint density at radius 2 is 1.88 bits per heavy atom. The lowest BCUT2D eigenvalue weighted by atomic mass is 10.1. The monoisotopic (exact) mass is 476 g/mol. The number of carbonyl (C=O) groups is 2. The number of nitrogens with one attached hydrogen (secondary N) is 1. The summed E-state index contributed by atoms with van der Waals surface area (Å²) in [6, 6.07) is 14.0. The van der Waals surface area contributed by atoms with Crippen molar-refractivity contribution in [3.05, 3.63) is 82.3 Å². The van der Waals surface area contributed by atoms with Crippen LogP contribution in [0.15, 0.2) is 71.2 Å². The molecule has 32 heavy (non-hydrogen) atoms. The average Bonchev–Trinajstić information content (AvgIpc) is 2.99. The van der Waals surface area contributed by atoms with Crippen molar-refractivity contribution in [1.29, 1.82) is 0 Å². The topological polar surface area (TPSA) is 49.4 Å². The van der Waals surface area contributed by atoms with Crippen LogP contribution in [0.4, 0.5) is 18.9 Å². The molecule has 4 nitrogen and oxygen atoms in total. The second-order valence-electron chi connectivity index (χ2n) is 7.01. The summed E-state index contributed by atoms with van der Waals surface area (Å²) >= 11 is 6.42. The van der Waals surface area contributed by atoms with Gasteiger partial charge in [0.05, 0.1) is 10.5 Å². The molecule has 2 aromatic rings. The molecule has 9 heteroatoms. The molecular weight excluding hydrogens is 457 g/mol. The van der Waals surface area contributed by atoms with E-state index in [9.17, 15) is 22.8 Å². The Balaban J connectivity index is 1.60. The molecule has 1 aliphatic rings. The van der Waals surface area contributed by atoms with Gasteiger partial charge in [0, 0.05) is 18.7 Å². The minimum absolute atomic E-state index is 0.0360. The zero-order valence-corrected chi connectivity index (χ0v) is 18.6. The van der Waals surface area contributed by atoms with Gasteiger partial charge in [0.2, 0.25) is 5.91 Å². The highest BCUT2D eigenvalue weighted by Crippen LogP contribution is 2.33. The molecule has 0 radical (unpaired) electrons. The maximum absolute atomic E-state index is 12.8. The normalized spacial score (nSPS) is 16.1. The smallest absolute Gasteiger partial charge is 0.326 e. The zero-order chi connectivity index (χ0) is 23.3. The van der Waals surface area contributed by atoms with Crippen molar-refractivity contribution < 1.29 is 22.8 Å². The van der Waals surface area contributed by atoms with Gasteiger partial charge in [0.15, 0.2) is 0 Å². The van der Waals surface area contributed by atoms with E-state index < -0.39 is 17.6 Å². The van der Waals surface area contributed by atoms with E-state index >= 15 is 0 Å².